The van der Waals surface area contributed by atoms with Crippen LogP contribution in [0.1, 0.15) is 53.3 Å². The first-order valence-corrected chi connectivity index (χ1v) is 11.7. The highest BCUT2D eigenvalue weighted by molar-refractivity contribution is 9.10. The van der Waals surface area contributed by atoms with Crippen molar-refractivity contribution in [2.75, 3.05) is 26.5 Å². The normalized spacial score (nSPS) is 26.7. The smallest absolute Gasteiger partial charge is 0.258 e. The van der Waals surface area contributed by atoms with E-state index >= 15 is 0 Å². The second-order valence-corrected chi connectivity index (χ2v) is 10.6. The van der Waals surface area contributed by atoms with Crippen LogP contribution >= 0.6 is 15.9 Å². The number of aromatic nitrogens is 2. The fraction of sp³-hybridized carbons (Fsp3) is 0.652. The molecule has 0 amide bonds. The first kappa shape index (κ1) is 22.9. The largest absolute Gasteiger partial charge is 0.360 e. The van der Waals surface area contributed by atoms with E-state index in [0.29, 0.717) is 43.2 Å². The zero-order valence-corrected chi connectivity index (χ0v) is 20.5. The van der Waals surface area contributed by atoms with Crippen LogP contribution in [0.4, 0.5) is 0 Å². The number of halogens is 1. The van der Waals surface area contributed by atoms with Crippen LogP contribution in [0.3, 0.4) is 0 Å². The Morgan fingerprint density at radius 2 is 2.03 bits per heavy atom. The number of likely N-dealkylation sites (tertiary alicyclic amines) is 1. The molecule has 3 heterocycles. The lowest BCUT2D eigenvalue weighted by Crippen LogP contribution is -2.64. The van der Waals surface area contributed by atoms with Crippen LogP contribution in [0.25, 0.3) is 10.9 Å². The monoisotopic (exact) mass is 493 g/mol. The summed E-state index contributed by atoms with van der Waals surface area (Å²) in [4.78, 5) is 23.3. The van der Waals surface area contributed by atoms with Crippen molar-refractivity contribution in [2.45, 2.75) is 64.4 Å². The van der Waals surface area contributed by atoms with Gasteiger partial charge in [-0.2, -0.15) is 0 Å². The first-order chi connectivity index (χ1) is 14.6. The van der Waals surface area contributed by atoms with E-state index in [1.54, 1.807) is 6.07 Å². The summed E-state index contributed by atoms with van der Waals surface area (Å²) in [7, 11) is 0. The predicted molar refractivity (Wildman–Crippen MR) is 123 cm³/mol. The van der Waals surface area contributed by atoms with E-state index in [9.17, 15) is 4.79 Å². The van der Waals surface area contributed by atoms with Gasteiger partial charge in [0.2, 0.25) is 0 Å². The molecule has 2 atom stereocenters. The second kappa shape index (κ2) is 8.23. The number of ether oxygens (including phenoxy) is 3. The van der Waals surface area contributed by atoms with Gasteiger partial charge >= 0.3 is 0 Å². The van der Waals surface area contributed by atoms with Crippen molar-refractivity contribution in [3.63, 3.8) is 0 Å². The Labute approximate surface area is 191 Å². The van der Waals surface area contributed by atoms with Crippen LogP contribution in [0.5, 0.6) is 0 Å². The maximum absolute atomic E-state index is 13.0. The minimum absolute atomic E-state index is 0.112. The molecule has 0 aliphatic carbocycles. The lowest BCUT2D eigenvalue weighted by molar-refractivity contribution is -0.251. The van der Waals surface area contributed by atoms with Crippen molar-refractivity contribution in [2.24, 2.45) is 5.92 Å². The van der Waals surface area contributed by atoms with E-state index in [1.807, 2.05) is 32.9 Å². The molecule has 0 bridgehead atoms. The quantitative estimate of drug-likeness (QED) is 0.689. The molecule has 7 nitrogen and oxygen atoms in total. The minimum atomic E-state index is -0.639. The van der Waals surface area contributed by atoms with Gasteiger partial charge in [-0.15, -0.1) is 0 Å². The van der Waals surface area contributed by atoms with E-state index in [4.69, 9.17) is 19.2 Å². The highest BCUT2D eigenvalue weighted by Gasteiger charge is 2.56. The van der Waals surface area contributed by atoms with Crippen LogP contribution in [-0.2, 0) is 19.7 Å². The topological polar surface area (TPSA) is 76.7 Å². The summed E-state index contributed by atoms with van der Waals surface area (Å²) in [6.07, 6.45) is 1.49. The Kier molecular flexibility index (Phi) is 6.07. The zero-order chi connectivity index (χ0) is 22.4. The molecule has 4 rings (SSSR count). The number of benzene rings is 1. The van der Waals surface area contributed by atoms with Gasteiger partial charge in [0.15, 0.2) is 5.79 Å². The van der Waals surface area contributed by atoms with Crippen LogP contribution in [0.15, 0.2) is 27.5 Å². The Hall–Kier alpha value is -1.32. The summed E-state index contributed by atoms with van der Waals surface area (Å²) in [6, 6.07) is 5.55. The molecule has 2 aromatic rings. The molecule has 31 heavy (non-hydrogen) atoms. The maximum Gasteiger partial charge on any atom is 0.258 e. The molecule has 2 aliphatic rings. The molecule has 1 aromatic carbocycles. The Morgan fingerprint density at radius 1 is 1.32 bits per heavy atom. The van der Waals surface area contributed by atoms with Crippen LogP contribution in [0, 0.1) is 5.92 Å². The van der Waals surface area contributed by atoms with E-state index < -0.39 is 11.3 Å². The average molecular weight is 494 g/mol. The summed E-state index contributed by atoms with van der Waals surface area (Å²) in [5, 5.41) is 0.582. The molecule has 2 unspecified atom stereocenters. The van der Waals surface area contributed by atoms with Gasteiger partial charge in [0.1, 0.15) is 12.6 Å². The molecule has 2 aliphatic heterocycles. The summed E-state index contributed by atoms with van der Waals surface area (Å²) >= 11 is 3.50. The van der Waals surface area contributed by atoms with Crippen molar-refractivity contribution in [3.05, 3.63) is 38.9 Å². The van der Waals surface area contributed by atoms with Crippen LogP contribution in [-0.4, -0.2) is 52.7 Å². The van der Waals surface area contributed by atoms with E-state index in [1.165, 1.54) is 0 Å². The number of aromatic amines is 1. The Balaban J connectivity index is 1.84. The first-order valence-electron chi connectivity index (χ1n) is 11.0. The number of piperidine rings is 1. The highest BCUT2D eigenvalue weighted by Crippen LogP contribution is 2.48. The van der Waals surface area contributed by atoms with Gasteiger partial charge in [-0.1, -0.05) is 29.8 Å². The second-order valence-electron chi connectivity index (χ2n) is 9.65. The molecule has 1 aromatic heterocycles. The number of rotatable bonds is 4. The van der Waals surface area contributed by atoms with E-state index in [2.05, 4.69) is 39.7 Å². The molecule has 2 fully saturated rings. The number of fused-ring (bicyclic) bond motifs is 1. The van der Waals surface area contributed by atoms with Gasteiger partial charge in [-0.05, 0) is 51.3 Å². The predicted octanol–water partition coefficient (Wildman–Crippen LogP) is 4.15. The van der Waals surface area contributed by atoms with E-state index in [-0.39, 0.29) is 17.1 Å². The molecule has 0 radical (unpaired) electrons. The van der Waals surface area contributed by atoms with Crippen LogP contribution < -0.4 is 5.56 Å². The lowest BCUT2D eigenvalue weighted by Gasteiger charge is -2.54. The van der Waals surface area contributed by atoms with Crippen LogP contribution in [0.2, 0.25) is 0 Å². The number of nitrogens with one attached hydrogen (secondary N) is 1. The van der Waals surface area contributed by atoms with Gasteiger partial charge in [-0.3, -0.25) is 9.69 Å². The Bertz CT molecular complexity index is 1010. The molecule has 0 saturated carbocycles. The third-order valence-electron chi connectivity index (χ3n) is 6.51. The molecule has 2 saturated heterocycles. The number of hydrogen-bond acceptors (Lipinski definition) is 6. The highest BCUT2D eigenvalue weighted by atomic mass is 79.9. The molecular weight excluding hydrogens is 462 g/mol. The molecular formula is C23H32BrN3O4. The van der Waals surface area contributed by atoms with Gasteiger partial charge in [0.05, 0.1) is 41.8 Å². The zero-order valence-electron chi connectivity index (χ0n) is 19.0. The summed E-state index contributed by atoms with van der Waals surface area (Å²) in [5.74, 6) is 0.142. The summed E-state index contributed by atoms with van der Waals surface area (Å²) in [6.45, 7) is 12.6. The van der Waals surface area contributed by atoms with Crippen molar-refractivity contribution >= 4 is 26.8 Å². The number of nitrogens with zero attached hydrogens (tertiary/aromatic N) is 2. The van der Waals surface area contributed by atoms with Gasteiger partial charge < -0.3 is 19.2 Å². The molecule has 8 heteroatoms. The lowest BCUT2D eigenvalue weighted by atomic mass is 9.73. The van der Waals surface area contributed by atoms with Crippen molar-refractivity contribution in [3.8, 4) is 0 Å². The maximum atomic E-state index is 13.0. The van der Waals surface area contributed by atoms with Gasteiger partial charge in [0, 0.05) is 10.9 Å². The van der Waals surface area contributed by atoms with Gasteiger partial charge in [-0.25, -0.2) is 4.98 Å². The van der Waals surface area contributed by atoms with Crippen molar-refractivity contribution < 1.29 is 14.2 Å². The molecule has 170 valence electrons. The third-order valence-corrected chi connectivity index (χ3v) is 7.01. The summed E-state index contributed by atoms with van der Waals surface area (Å²) in [5.41, 5.74) is -0.266. The summed E-state index contributed by atoms with van der Waals surface area (Å²) < 4.78 is 19.3. The minimum Gasteiger partial charge on any atom is -0.360 e. The standard InChI is InChI=1S/C23H32BrN3O4/c1-6-23(20-25-18-11-16(24)7-8-17(18)19(28)26-20)15(2)12-22(29-9-10-30-22)13-27(23)14-31-21(3,4)5/h7-8,11,15H,6,9-10,12-14H2,1-5H3,(H,25,26,28). The Morgan fingerprint density at radius 3 is 2.68 bits per heavy atom. The van der Waals surface area contributed by atoms with Gasteiger partial charge in [0.25, 0.3) is 5.56 Å². The molecule has 1 spiro atoms. The fourth-order valence-corrected chi connectivity index (χ4v) is 5.37. The average Bonchev–Trinajstić information content (AvgIpc) is 3.13. The number of hydrogen-bond donors (Lipinski definition) is 1. The molecule has 1 N–H and O–H groups in total. The van der Waals surface area contributed by atoms with E-state index in [0.717, 1.165) is 17.3 Å². The number of H-pyrrole nitrogens is 1. The third kappa shape index (κ3) is 4.20. The van der Waals surface area contributed by atoms with Crippen molar-refractivity contribution in [1.82, 2.24) is 14.9 Å². The fourth-order valence-electron chi connectivity index (χ4n) is 5.02. The van der Waals surface area contributed by atoms with Crippen molar-refractivity contribution in [1.29, 1.82) is 0 Å². The SMILES string of the molecule is CCC1(c2nc3cc(Br)ccc3c(=O)[nH]2)C(C)CC2(CN1COC(C)(C)C)OCCO2.